The van der Waals surface area contributed by atoms with E-state index in [2.05, 4.69) is 20.6 Å². The van der Waals surface area contributed by atoms with Crippen LogP contribution < -0.4 is 10.6 Å². The zero-order valence-electron chi connectivity index (χ0n) is 14.7. The molecule has 0 fully saturated rings. The van der Waals surface area contributed by atoms with Gasteiger partial charge in [-0.05, 0) is 54.8 Å². The quantitative estimate of drug-likeness (QED) is 0.657. The minimum Gasteiger partial charge on any atom is -0.354 e. The molecule has 3 aromatic rings. The van der Waals surface area contributed by atoms with Gasteiger partial charge in [-0.1, -0.05) is 29.8 Å². The van der Waals surface area contributed by atoms with Gasteiger partial charge in [0.05, 0.1) is 0 Å². The summed E-state index contributed by atoms with van der Waals surface area (Å²) in [5.41, 5.74) is 2.77. The van der Waals surface area contributed by atoms with Gasteiger partial charge in [0.2, 0.25) is 5.95 Å². The number of anilines is 2. The van der Waals surface area contributed by atoms with Crippen LogP contribution in [0.2, 0.25) is 5.02 Å². The monoisotopic (exact) mass is 384 g/mol. The van der Waals surface area contributed by atoms with E-state index >= 15 is 0 Å². The van der Waals surface area contributed by atoms with E-state index in [1.54, 1.807) is 24.3 Å². The molecule has 0 bridgehead atoms. The average molecular weight is 385 g/mol. The standard InChI is InChI=1S/C20H18ClFN4O/c1-13-2-7-16(12-17(13)21)25-19(27)18-9-11-24-20(26-18)23-10-8-14-3-5-15(22)6-4-14/h2-7,9,11-12H,8,10H2,1H3,(H,25,27)(H,23,24,26). The van der Waals surface area contributed by atoms with Crippen LogP contribution in [0.4, 0.5) is 16.0 Å². The van der Waals surface area contributed by atoms with Gasteiger partial charge in [-0.25, -0.2) is 14.4 Å². The fraction of sp³-hybridized carbons (Fsp3) is 0.150. The Balaban J connectivity index is 1.59. The number of carbonyl (C=O) groups excluding carboxylic acids is 1. The molecule has 7 heteroatoms. The van der Waals surface area contributed by atoms with Crippen molar-refractivity contribution in [2.24, 2.45) is 0 Å². The van der Waals surface area contributed by atoms with Crippen molar-refractivity contribution in [3.05, 3.63) is 82.4 Å². The summed E-state index contributed by atoms with van der Waals surface area (Å²) in [6.07, 6.45) is 2.20. The van der Waals surface area contributed by atoms with Gasteiger partial charge in [-0.2, -0.15) is 0 Å². The van der Waals surface area contributed by atoms with Gasteiger partial charge in [0.1, 0.15) is 11.5 Å². The van der Waals surface area contributed by atoms with Crippen molar-refractivity contribution in [2.75, 3.05) is 17.2 Å². The summed E-state index contributed by atoms with van der Waals surface area (Å²) in [5.74, 6) is -0.255. The molecule has 0 radical (unpaired) electrons. The molecule has 1 heterocycles. The van der Waals surface area contributed by atoms with Gasteiger partial charge in [0.15, 0.2) is 0 Å². The molecule has 0 aliphatic heterocycles. The zero-order valence-corrected chi connectivity index (χ0v) is 15.4. The summed E-state index contributed by atoms with van der Waals surface area (Å²) >= 11 is 6.08. The van der Waals surface area contributed by atoms with E-state index < -0.39 is 0 Å². The highest BCUT2D eigenvalue weighted by molar-refractivity contribution is 6.31. The number of nitrogens with one attached hydrogen (secondary N) is 2. The highest BCUT2D eigenvalue weighted by Crippen LogP contribution is 2.20. The van der Waals surface area contributed by atoms with E-state index in [9.17, 15) is 9.18 Å². The third-order valence-corrected chi connectivity index (χ3v) is 4.34. The highest BCUT2D eigenvalue weighted by Gasteiger charge is 2.10. The van der Waals surface area contributed by atoms with Crippen LogP contribution in [0.5, 0.6) is 0 Å². The van der Waals surface area contributed by atoms with E-state index in [4.69, 9.17) is 11.6 Å². The zero-order chi connectivity index (χ0) is 19.2. The van der Waals surface area contributed by atoms with Crippen LogP contribution in [-0.4, -0.2) is 22.4 Å². The van der Waals surface area contributed by atoms with Crippen molar-refractivity contribution in [1.29, 1.82) is 0 Å². The molecule has 27 heavy (non-hydrogen) atoms. The second-order valence-corrected chi connectivity index (χ2v) is 6.39. The summed E-state index contributed by atoms with van der Waals surface area (Å²) in [7, 11) is 0. The van der Waals surface area contributed by atoms with Gasteiger partial charge >= 0.3 is 0 Å². The van der Waals surface area contributed by atoms with Gasteiger partial charge < -0.3 is 10.6 Å². The Morgan fingerprint density at radius 1 is 1.15 bits per heavy atom. The van der Waals surface area contributed by atoms with Crippen molar-refractivity contribution in [3.63, 3.8) is 0 Å². The van der Waals surface area contributed by atoms with Crippen molar-refractivity contribution in [1.82, 2.24) is 9.97 Å². The maximum absolute atomic E-state index is 12.9. The van der Waals surface area contributed by atoms with Crippen LogP contribution in [0.3, 0.4) is 0 Å². The summed E-state index contributed by atoms with van der Waals surface area (Å²) in [4.78, 5) is 20.7. The molecule has 0 saturated heterocycles. The lowest BCUT2D eigenvalue weighted by Crippen LogP contribution is -2.16. The third kappa shape index (κ3) is 5.24. The molecule has 2 N–H and O–H groups in total. The number of carbonyl (C=O) groups is 1. The number of amides is 1. The highest BCUT2D eigenvalue weighted by atomic mass is 35.5. The molecule has 0 aliphatic carbocycles. The van der Waals surface area contributed by atoms with Crippen LogP contribution in [0.25, 0.3) is 0 Å². The molecule has 5 nitrogen and oxygen atoms in total. The molecule has 0 spiro atoms. The van der Waals surface area contributed by atoms with Crippen LogP contribution >= 0.6 is 11.6 Å². The molecule has 0 aliphatic rings. The Hall–Kier alpha value is -2.99. The van der Waals surface area contributed by atoms with Gasteiger partial charge in [0.25, 0.3) is 5.91 Å². The predicted octanol–water partition coefficient (Wildman–Crippen LogP) is 4.48. The predicted molar refractivity (Wildman–Crippen MR) is 105 cm³/mol. The van der Waals surface area contributed by atoms with Crippen LogP contribution in [-0.2, 0) is 6.42 Å². The minimum absolute atomic E-state index is 0.242. The fourth-order valence-corrected chi connectivity index (χ4v) is 2.59. The molecule has 138 valence electrons. The van der Waals surface area contributed by atoms with Crippen molar-refractivity contribution < 1.29 is 9.18 Å². The van der Waals surface area contributed by atoms with Gasteiger partial charge in [-0.15, -0.1) is 0 Å². The largest absolute Gasteiger partial charge is 0.354 e. The molecular weight excluding hydrogens is 367 g/mol. The topological polar surface area (TPSA) is 66.9 Å². The van der Waals surface area contributed by atoms with Gasteiger partial charge in [-0.3, -0.25) is 4.79 Å². The normalized spacial score (nSPS) is 10.5. The maximum Gasteiger partial charge on any atom is 0.274 e. The molecule has 3 rings (SSSR count). The molecule has 1 amide bonds. The lowest BCUT2D eigenvalue weighted by molar-refractivity contribution is 0.102. The lowest BCUT2D eigenvalue weighted by atomic mass is 10.1. The fourth-order valence-electron chi connectivity index (χ4n) is 2.41. The number of hydrogen-bond acceptors (Lipinski definition) is 4. The summed E-state index contributed by atoms with van der Waals surface area (Å²) in [5, 5.41) is 6.41. The molecule has 0 atom stereocenters. The Kier molecular flexibility index (Phi) is 5.98. The van der Waals surface area contributed by atoms with Crippen LogP contribution in [0.15, 0.2) is 54.7 Å². The van der Waals surface area contributed by atoms with Crippen LogP contribution in [0, 0.1) is 12.7 Å². The average Bonchev–Trinajstić information content (AvgIpc) is 2.66. The lowest BCUT2D eigenvalue weighted by Gasteiger charge is -2.08. The maximum atomic E-state index is 12.9. The van der Waals surface area contributed by atoms with Crippen molar-refractivity contribution in [3.8, 4) is 0 Å². The van der Waals surface area contributed by atoms with E-state index in [1.807, 2.05) is 13.0 Å². The first-order valence-electron chi connectivity index (χ1n) is 8.40. The van der Waals surface area contributed by atoms with E-state index in [0.717, 1.165) is 11.1 Å². The van der Waals surface area contributed by atoms with Crippen molar-refractivity contribution >= 4 is 29.1 Å². The third-order valence-electron chi connectivity index (χ3n) is 3.93. The number of rotatable bonds is 6. The Bertz CT molecular complexity index is 947. The number of aryl methyl sites for hydroxylation is 1. The first kappa shape index (κ1) is 18.8. The van der Waals surface area contributed by atoms with E-state index in [-0.39, 0.29) is 17.4 Å². The minimum atomic E-state index is -0.348. The first-order valence-corrected chi connectivity index (χ1v) is 8.78. The summed E-state index contributed by atoms with van der Waals surface area (Å²) < 4.78 is 12.9. The number of benzene rings is 2. The van der Waals surface area contributed by atoms with Crippen molar-refractivity contribution in [2.45, 2.75) is 13.3 Å². The molecule has 1 aromatic heterocycles. The molecule has 2 aromatic carbocycles. The Morgan fingerprint density at radius 3 is 2.67 bits per heavy atom. The number of halogens is 2. The Labute approximate surface area is 161 Å². The van der Waals surface area contributed by atoms with E-state index in [0.29, 0.717) is 29.6 Å². The summed E-state index contributed by atoms with van der Waals surface area (Å²) in [6.45, 7) is 2.45. The van der Waals surface area contributed by atoms with E-state index in [1.165, 1.54) is 24.4 Å². The molecular formula is C20H18ClFN4O. The molecule has 0 saturated carbocycles. The SMILES string of the molecule is Cc1ccc(NC(=O)c2ccnc(NCCc3ccc(F)cc3)n2)cc1Cl. The second kappa shape index (κ2) is 8.60. The number of hydrogen-bond donors (Lipinski definition) is 2. The Morgan fingerprint density at radius 2 is 1.93 bits per heavy atom. The smallest absolute Gasteiger partial charge is 0.274 e. The number of nitrogens with zero attached hydrogens (tertiary/aromatic N) is 2. The number of aromatic nitrogens is 2. The second-order valence-electron chi connectivity index (χ2n) is 5.99. The first-order chi connectivity index (χ1) is 13.0. The summed E-state index contributed by atoms with van der Waals surface area (Å²) in [6, 6.07) is 13.2. The van der Waals surface area contributed by atoms with Gasteiger partial charge in [0, 0.05) is 23.5 Å². The van der Waals surface area contributed by atoms with Crippen LogP contribution in [0.1, 0.15) is 21.6 Å². The molecule has 0 unspecified atom stereocenters.